The van der Waals surface area contributed by atoms with Crippen LogP contribution in [0, 0.1) is 0 Å². The average Bonchev–Trinajstić information content (AvgIpc) is 3.11. The number of amides is 1. The first kappa shape index (κ1) is 20.0. The van der Waals surface area contributed by atoms with Gasteiger partial charge >= 0.3 is 0 Å². The lowest BCUT2D eigenvalue weighted by molar-refractivity contribution is 0.0731. The summed E-state index contributed by atoms with van der Waals surface area (Å²) < 4.78 is 32.2. The number of carbonyl (C=O) groups is 1. The van der Waals surface area contributed by atoms with Crippen LogP contribution in [0.1, 0.15) is 36.7 Å². The van der Waals surface area contributed by atoms with Gasteiger partial charge in [0.2, 0.25) is 0 Å². The second kappa shape index (κ2) is 7.71. The van der Waals surface area contributed by atoms with Gasteiger partial charge in [0.25, 0.3) is 15.9 Å². The highest BCUT2D eigenvalue weighted by molar-refractivity contribution is 7.91. The summed E-state index contributed by atoms with van der Waals surface area (Å²) in [7, 11) is -3.54. The lowest BCUT2D eigenvalue weighted by Gasteiger charge is -2.25. The number of nitrogens with zero attached hydrogens (tertiary/aromatic N) is 1. The van der Waals surface area contributed by atoms with Gasteiger partial charge in [-0.1, -0.05) is 32.9 Å². The number of hydrogen-bond donors (Lipinski definition) is 1. The van der Waals surface area contributed by atoms with Gasteiger partial charge in [0, 0.05) is 18.7 Å². The van der Waals surface area contributed by atoms with Gasteiger partial charge in [0.15, 0.2) is 0 Å². The number of thiophene rings is 1. The molecule has 0 spiro atoms. The van der Waals surface area contributed by atoms with E-state index in [4.69, 9.17) is 4.74 Å². The van der Waals surface area contributed by atoms with Crippen molar-refractivity contribution < 1.29 is 17.9 Å². The fourth-order valence-electron chi connectivity index (χ4n) is 2.75. The normalized spacial score (nSPS) is 16.3. The molecule has 1 aromatic heterocycles. The maximum Gasteiger partial charge on any atom is 0.256 e. The lowest BCUT2D eigenvalue weighted by Crippen LogP contribution is -2.40. The number of rotatable bonds is 4. The van der Waals surface area contributed by atoms with Crippen molar-refractivity contribution in [2.24, 2.45) is 0 Å². The fourth-order valence-corrected chi connectivity index (χ4v) is 5.51. The van der Waals surface area contributed by atoms with Gasteiger partial charge in [-0.05, 0) is 35.2 Å². The zero-order chi connectivity index (χ0) is 19.7. The van der Waals surface area contributed by atoms with Gasteiger partial charge < -0.3 is 10.1 Å². The molecule has 27 heavy (non-hydrogen) atoms. The first-order valence-corrected chi connectivity index (χ1v) is 11.0. The van der Waals surface area contributed by atoms with Crippen LogP contribution < -0.4 is 5.32 Å². The SMILES string of the molecule is CC(C)(C)c1ccc(C(=O)Nc2ccc(S(=O)(=O)N3CCOCC3)s2)cc1. The molecule has 1 N–H and O–H groups in total. The smallest absolute Gasteiger partial charge is 0.256 e. The third-order valence-corrected chi connectivity index (χ3v) is 7.76. The summed E-state index contributed by atoms with van der Waals surface area (Å²) in [5.41, 5.74) is 1.70. The molecule has 2 heterocycles. The average molecular weight is 409 g/mol. The minimum absolute atomic E-state index is 0.0194. The summed E-state index contributed by atoms with van der Waals surface area (Å²) in [5, 5.41) is 3.29. The van der Waals surface area contributed by atoms with E-state index in [-0.39, 0.29) is 15.5 Å². The molecule has 3 rings (SSSR count). The van der Waals surface area contributed by atoms with Crippen molar-refractivity contribution >= 4 is 32.3 Å². The molecule has 1 fully saturated rings. The topological polar surface area (TPSA) is 75.7 Å². The summed E-state index contributed by atoms with van der Waals surface area (Å²) >= 11 is 1.06. The van der Waals surface area contributed by atoms with Crippen molar-refractivity contribution in [3.05, 3.63) is 47.5 Å². The number of anilines is 1. The van der Waals surface area contributed by atoms with Gasteiger partial charge in [-0.3, -0.25) is 4.79 Å². The molecule has 1 saturated heterocycles. The number of carbonyl (C=O) groups excluding carboxylic acids is 1. The molecule has 0 atom stereocenters. The first-order valence-electron chi connectivity index (χ1n) is 8.77. The number of ether oxygens (including phenoxy) is 1. The number of benzene rings is 1. The molecular weight excluding hydrogens is 384 g/mol. The van der Waals surface area contributed by atoms with Crippen LogP contribution in [-0.4, -0.2) is 44.9 Å². The Morgan fingerprint density at radius 2 is 1.70 bits per heavy atom. The molecule has 146 valence electrons. The number of sulfonamides is 1. The van der Waals surface area contributed by atoms with Crippen LogP contribution in [-0.2, 0) is 20.2 Å². The Bertz CT molecular complexity index is 906. The summed E-state index contributed by atoms with van der Waals surface area (Å²) in [5.74, 6) is -0.257. The molecule has 1 aliphatic rings. The molecule has 0 saturated carbocycles. The Morgan fingerprint density at radius 1 is 1.07 bits per heavy atom. The highest BCUT2D eigenvalue weighted by Gasteiger charge is 2.28. The fraction of sp³-hybridized carbons (Fsp3) is 0.421. The maximum atomic E-state index is 12.7. The predicted octanol–water partition coefficient (Wildman–Crippen LogP) is 3.32. The Hall–Kier alpha value is -1.74. The Balaban J connectivity index is 1.71. The molecule has 1 aliphatic heterocycles. The van der Waals surface area contributed by atoms with Crippen molar-refractivity contribution in [2.75, 3.05) is 31.6 Å². The van der Waals surface area contributed by atoms with Crippen LogP contribution in [0.4, 0.5) is 5.00 Å². The summed E-state index contributed by atoms with van der Waals surface area (Å²) in [6.45, 7) is 7.85. The maximum absolute atomic E-state index is 12.7. The molecule has 0 radical (unpaired) electrons. The van der Waals surface area contributed by atoms with E-state index in [1.807, 2.05) is 12.1 Å². The highest BCUT2D eigenvalue weighted by Crippen LogP contribution is 2.29. The number of hydrogen-bond acceptors (Lipinski definition) is 5. The van der Waals surface area contributed by atoms with Crippen molar-refractivity contribution in [1.82, 2.24) is 4.31 Å². The standard InChI is InChI=1S/C19H24N2O4S2/c1-19(2,3)15-6-4-14(5-7-15)18(22)20-16-8-9-17(26-16)27(23,24)21-10-12-25-13-11-21/h4-9H,10-13H2,1-3H3,(H,20,22). The zero-order valence-corrected chi connectivity index (χ0v) is 17.3. The molecule has 1 aromatic carbocycles. The lowest BCUT2D eigenvalue weighted by atomic mass is 9.87. The minimum atomic E-state index is -3.54. The van der Waals surface area contributed by atoms with E-state index < -0.39 is 10.0 Å². The van der Waals surface area contributed by atoms with Crippen LogP contribution in [0.3, 0.4) is 0 Å². The Morgan fingerprint density at radius 3 is 2.30 bits per heavy atom. The van der Waals surface area contributed by atoms with E-state index in [0.29, 0.717) is 36.9 Å². The minimum Gasteiger partial charge on any atom is -0.379 e. The van der Waals surface area contributed by atoms with Gasteiger partial charge in [0.05, 0.1) is 18.2 Å². The van der Waals surface area contributed by atoms with E-state index >= 15 is 0 Å². The largest absolute Gasteiger partial charge is 0.379 e. The van der Waals surface area contributed by atoms with Crippen molar-refractivity contribution in [3.8, 4) is 0 Å². The number of morpholine rings is 1. The molecule has 8 heteroatoms. The van der Waals surface area contributed by atoms with E-state index in [1.165, 1.54) is 10.4 Å². The summed E-state index contributed by atoms with van der Waals surface area (Å²) in [6.07, 6.45) is 0. The van der Waals surface area contributed by atoms with Crippen LogP contribution >= 0.6 is 11.3 Å². The molecule has 2 aromatic rings. The van der Waals surface area contributed by atoms with E-state index in [0.717, 1.165) is 16.9 Å². The van der Waals surface area contributed by atoms with Gasteiger partial charge in [-0.15, -0.1) is 11.3 Å². The Labute approximate surface area is 164 Å². The van der Waals surface area contributed by atoms with Crippen molar-refractivity contribution in [2.45, 2.75) is 30.4 Å². The van der Waals surface area contributed by atoms with Crippen LogP contribution in [0.2, 0.25) is 0 Å². The van der Waals surface area contributed by atoms with Crippen LogP contribution in [0.5, 0.6) is 0 Å². The number of nitrogens with one attached hydrogen (secondary N) is 1. The zero-order valence-electron chi connectivity index (χ0n) is 15.7. The second-order valence-corrected chi connectivity index (χ2v) is 10.7. The van der Waals surface area contributed by atoms with E-state index in [1.54, 1.807) is 18.2 Å². The van der Waals surface area contributed by atoms with Crippen LogP contribution in [0.25, 0.3) is 0 Å². The molecule has 0 bridgehead atoms. The molecule has 1 amide bonds. The van der Waals surface area contributed by atoms with Gasteiger partial charge in [0.1, 0.15) is 4.21 Å². The Kier molecular flexibility index (Phi) is 5.71. The van der Waals surface area contributed by atoms with Gasteiger partial charge in [-0.25, -0.2) is 8.42 Å². The second-order valence-electron chi connectivity index (χ2n) is 7.42. The summed E-state index contributed by atoms with van der Waals surface area (Å²) in [4.78, 5) is 12.5. The van der Waals surface area contributed by atoms with Gasteiger partial charge in [-0.2, -0.15) is 4.31 Å². The monoisotopic (exact) mass is 408 g/mol. The van der Waals surface area contributed by atoms with Crippen LogP contribution in [0.15, 0.2) is 40.6 Å². The van der Waals surface area contributed by atoms with E-state index in [9.17, 15) is 13.2 Å². The molecule has 0 aliphatic carbocycles. The van der Waals surface area contributed by atoms with E-state index in [2.05, 4.69) is 26.1 Å². The van der Waals surface area contributed by atoms with Crippen molar-refractivity contribution in [3.63, 3.8) is 0 Å². The third kappa shape index (κ3) is 4.57. The molecular formula is C19H24N2O4S2. The highest BCUT2D eigenvalue weighted by atomic mass is 32.2. The first-order chi connectivity index (χ1) is 12.7. The molecule has 0 unspecified atom stereocenters. The third-order valence-electron chi connectivity index (χ3n) is 4.40. The quantitative estimate of drug-likeness (QED) is 0.842. The predicted molar refractivity (Wildman–Crippen MR) is 107 cm³/mol. The molecule has 6 nitrogen and oxygen atoms in total. The summed E-state index contributed by atoms with van der Waals surface area (Å²) in [6, 6.07) is 10.6. The van der Waals surface area contributed by atoms with Crippen molar-refractivity contribution in [1.29, 1.82) is 0 Å².